The molecule has 0 aromatic carbocycles. The largest absolute Gasteiger partial charge is 0.362 e. The van der Waals surface area contributed by atoms with Gasteiger partial charge in [0.2, 0.25) is 5.85 Å². The zero-order valence-electron chi connectivity index (χ0n) is 11.3. The van der Waals surface area contributed by atoms with E-state index >= 15 is 0 Å². The summed E-state index contributed by atoms with van der Waals surface area (Å²) in [4.78, 5) is 29.4. The van der Waals surface area contributed by atoms with Crippen LogP contribution in [0.3, 0.4) is 0 Å². The van der Waals surface area contributed by atoms with Gasteiger partial charge in [0, 0.05) is 13.5 Å². The van der Waals surface area contributed by atoms with Gasteiger partial charge in [-0.1, -0.05) is 45.4 Å². The van der Waals surface area contributed by atoms with Gasteiger partial charge < -0.3 is 14.5 Å². The lowest BCUT2D eigenvalue weighted by molar-refractivity contribution is -0.125. The van der Waals surface area contributed by atoms with E-state index in [1.54, 1.807) is 0 Å². The number of Topliss-reactive ketones (excluding diaryl/α,β-unsaturated/α-hetero) is 1. The standard InChI is InChI=1S/C12H25O5P/c1-3-4-5-6-7-8-9-10-11(13)12(17-2)18(14,15)16/h12H,3-10H2,1-2H3,(H2,14,15,16). The summed E-state index contributed by atoms with van der Waals surface area (Å²) < 4.78 is 15.5. The van der Waals surface area contributed by atoms with Crippen molar-refractivity contribution in [2.45, 2.75) is 64.1 Å². The SMILES string of the molecule is CCCCCCCCCC(=O)C(OC)P(=O)(O)O. The summed E-state index contributed by atoms with van der Waals surface area (Å²) in [6.07, 6.45) is 7.66. The molecule has 0 fully saturated rings. The van der Waals surface area contributed by atoms with Crippen LogP contribution in [0, 0.1) is 0 Å². The van der Waals surface area contributed by atoms with Gasteiger partial charge in [0.15, 0.2) is 5.78 Å². The average Bonchev–Trinajstić information content (AvgIpc) is 2.27. The minimum absolute atomic E-state index is 0.178. The van der Waals surface area contributed by atoms with Crippen LogP contribution in [0.1, 0.15) is 58.3 Å². The van der Waals surface area contributed by atoms with E-state index in [4.69, 9.17) is 9.79 Å². The van der Waals surface area contributed by atoms with Gasteiger partial charge in [-0.15, -0.1) is 0 Å². The number of carbonyl (C=O) groups is 1. The Morgan fingerprint density at radius 3 is 2.06 bits per heavy atom. The monoisotopic (exact) mass is 280 g/mol. The van der Waals surface area contributed by atoms with Crippen molar-refractivity contribution in [3.05, 3.63) is 0 Å². The second-order valence-corrected chi connectivity index (χ2v) is 6.16. The van der Waals surface area contributed by atoms with E-state index in [2.05, 4.69) is 11.7 Å². The van der Waals surface area contributed by atoms with Gasteiger partial charge in [-0.25, -0.2) is 0 Å². The molecule has 108 valence electrons. The van der Waals surface area contributed by atoms with E-state index < -0.39 is 19.2 Å². The molecule has 0 spiro atoms. The zero-order chi connectivity index (χ0) is 14.0. The Morgan fingerprint density at radius 2 is 1.61 bits per heavy atom. The Morgan fingerprint density at radius 1 is 1.11 bits per heavy atom. The first kappa shape index (κ1) is 17.8. The highest BCUT2D eigenvalue weighted by Crippen LogP contribution is 2.42. The predicted octanol–water partition coefficient (Wildman–Crippen LogP) is 2.85. The molecule has 0 radical (unpaired) electrons. The minimum Gasteiger partial charge on any atom is -0.362 e. The first-order chi connectivity index (χ1) is 8.43. The van der Waals surface area contributed by atoms with E-state index in [9.17, 15) is 9.36 Å². The summed E-state index contributed by atoms with van der Waals surface area (Å²) in [5, 5.41) is 0. The van der Waals surface area contributed by atoms with Crippen LogP contribution in [0.4, 0.5) is 0 Å². The molecule has 0 aromatic heterocycles. The fourth-order valence-corrected chi connectivity index (χ4v) is 2.62. The highest BCUT2D eigenvalue weighted by atomic mass is 31.2. The topological polar surface area (TPSA) is 83.8 Å². The van der Waals surface area contributed by atoms with Gasteiger partial charge in [0.25, 0.3) is 0 Å². The number of hydrogen-bond acceptors (Lipinski definition) is 3. The third-order valence-electron chi connectivity index (χ3n) is 2.83. The van der Waals surface area contributed by atoms with Gasteiger partial charge >= 0.3 is 7.60 Å². The van der Waals surface area contributed by atoms with E-state index in [1.807, 2.05) is 0 Å². The van der Waals surface area contributed by atoms with Crippen molar-refractivity contribution in [2.75, 3.05) is 7.11 Å². The molecule has 1 unspecified atom stereocenters. The fourth-order valence-electron chi connectivity index (χ4n) is 1.84. The molecule has 0 aliphatic heterocycles. The Bertz CT molecular complexity index is 274. The summed E-state index contributed by atoms with van der Waals surface area (Å²) in [5.74, 6) is -2.09. The van der Waals surface area contributed by atoms with Gasteiger partial charge in [-0.2, -0.15) is 0 Å². The Labute approximate surface area is 109 Å². The Kier molecular flexibility index (Phi) is 9.56. The van der Waals surface area contributed by atoms with E-state index in [-0.39, 0.29) is 6.42 Å². The average molecular weight is 280 g/mol. The third-order valence-corrected chi connectivity index (χ3v) is 3.94. The lowest BCUT2D eigenvalue weighted by Gasteiger charge is -2.15. The Hall–Kier alpha value is -0.220. The molecule has 0 saturated carbocycles. The molecule has 0 aromatic rings. The highest BCUT2D eigenvalue weighted by molar-refractivity contribution is 7.53. The first-order valence-corrected chi connectivity index (χ1v) is 8.22. The third kappa shape index (κ3) is 7.98. The molecule has 0 heterocycles. The maximum absolute atomic E-state index is 11.5. The number of ether oxygens (including phenoxy) is 1. The molecular formula is C12H25O5P. The molecule has 1 atom stereocenters. The molecule has 18 heavy (non-hydrogen) atoms. The summed E-state index contributed by atoms with van der Waals surface area (Å²) in [7, 11) is -3.33. The van der Waals surface area contributed by atoms with Crippen LogP contribution in [0.5, 0.6) is 0 Å². The highest BCUT2D eigenvalue weighted by Gasteiger charge is 2.34. The lowest BCUT2D eigenvalue weighted by Crippen LogP contribution is -2.22. The van der Waals surface area contributed by atoms with Crippen molar-refractivity contribution in [2.24, 2.45) is 0 Å². The van der Waals surface area contributed by atoms with Crippen molar-refractivity contribution in [1.29, 1.82) is 0 Å². The first-order valence-electron chi connectivity index (χ1n) is 6.54. The van der Waals surface area contributed by atoms with Crippen molar-refractivity contribution in [1.82, 2.24) is 0 Å². The number of rotatable bonds is 11. The van der Waals surface area contributed by atoms with Crippen molar-refractivity contribution >= 4 is 13.4 Å². The zero-order valence-corrected chi connectivity index (χ0v) is 12.2. The summed E-state index contributed by atoms with van der Waals surface area (Å²) in [5.41, 5.74) is 0. The van der Waals surface area contributed by atoms with Crippen LogP contribution in [0.25, 0.3) is 0 Å². The van der Waals surface area contributed by atoms with Crippen molar-refractivity contribution in [3.8, 4) is 0 Å². The maximum Gasteiger partial charge on any atom is 0.361 e. The smallest absolute Gasteiger partial charge is 0.361 e. The van der Waals surface area contributed by atoms with Gasteiger partial charge in [-0.05, 0) is 6.42 Å². The number of carbonyl (C=O) groups excluding carboxylic acids is 1. The van der Waals surface area contributed by atoms with Gasteiger partial charge in [0.05, 0.1) is 0 Å². The van der Waals surface area contributed by atoms with Crippen molar-refractivity contribution < 1.29 is 23.9 Å². The van der Waals surface area contributed by atoms with Crippen LogP contribution in [0.2, 0.25) is 0 Å². The van der Waals surface area contributed by atoms with E-state index in [0.717, 1.165) is 26.4 Å². The minimum atomic E-state index is -4.47. The molecule has 0 aliphatic rings. The molecule has 5 nitrogen and oxygen atoms in total. The molecule has 0 amide bonds. The Balaban J connectivity index is 3.73. The van der Waals surface area contributed by atoms with Gasteiger partial charge in [-0.3, -0.25) is 9.36 Å². The van der Waals surface area contributed by atoms with Crippen molar-refractivity contribution in [3.63, 3.8) is 0 Å². The number of hydrogen-bond donors (Lipinski definition) is 2. The molecular weight excluding hydrogens is 255 g/mol. The van der Waals surface area contributed by atoms with E-state index in [0.29, 0.717) is 6.42 Å². The summed E-state index contributed by atoms with van der Waals surface area (Å²) in [6.45, 7) is 2.16. The van der Waals surface area contributed by atoms with Gasteiger partial charge in [0.1, 0.15) is 0 Å². The second kappa shape index (κ2) is 9.68. The predicted molar refractivity (Wildman–Crippen MR) is 70.5 cm³/mol. The van der Waals surface area contributed by atoms with Crippen LogP contribution >= 0.6 is 7.60 Å². The number of ketones is 1. The molecule has 0 rings (SSSR count). The summed E-state index contributed by atoms with van der Waals surface area (Å²) >= 11 is 0. The molecule has 6 heteroatoms. The molecule has 2 N–H and O–H groups in total. The van der Waals surface area contributed by atoms with Crippen LogP contribution in [-0.2, 0) is 14.1 Å². The number of unbranched alkanes of at least 4 members (excludes halogenated alkanes) is 6. The van der Waals surface area contributed by atoms with E-state index in [1.165, 1.54) is 19.3 Å². The molecule has 0 bridgehead atoms. The maximum atomic E-state index is 11.5. The van der Waals surface area contributed by atoms with Crippen LogP contribution in [-0.4, -0.2) is 28.5 Å². The fraction of sp³-hybridized carbons (Fsp3) is 0.917. The molecule has 0 aliphatic carbocycles. The summed E-state index contributed by atoms with van der Waals surface area (Å²) in [6, 6.07) is 0. The molecule has 0 saturated heterocycles. The quantitative estimate of drug-likeness (QED) is 0.449. The van der Waals surface area contributed by atoms with Crippen LogP contribution in [0.15, 0.2) is 0 Å². The number of methoxy groups -OCH3 is 1. The normalized spacial score (nSPS) is 13.6. The lowest BCUT2D eigenvalue weighted by atomic mass is 10.1. The van der Waals surface area contributed by atoms with Crippen LogP contribution < -0.4 is 0 Å². The second-order valence-electron chi connectivity index (χ2n) is 4.51.